The fourth-order valence-electron chi connectivity index (χ4n) is 7.67. The molecule has 0 radical (unpaired) electrons. The van der Waals surface area contributed by atoms with Crippen molar-refractivity contribution in [3.63, 3.8) is 0 Å². The highest BCUT2D eigenvalue weighted by molar-refractivity contribution is 5.71. The van der Waals surface area contributed by atoms with Crippen molar-refractivity contribution in [2.24, 2.45) is 0 Å². The van der Waals surface area contributed by atoms with Crippen LogP contribution in [-0.4, -0.2) is 37.2 Å². The van der Waals surface area contributed by atoms with Gasteiger partial charge in [-0.1, -0.05) is 247 Å². The number of carbonyl (C=O) groups is 3. The molecule has 0 aliphatic carbocycles. The van der Waals surface area contributed by atoms with Gasteiger partial charge in [0.15, 0.2) is 6.10 Å². The summed E-state index contributed by atoms with van der Waals surface area (Å²) < 4.78 is 16.8. The molecule has 0 heterocycles. The van der Waals surface area contributed by atoms with E-state index >= 15 is 0 Å². The van der Waals surface area contributed by atoms with Crippen molar-refractivity contribution in [1.82, 2.24) is 0 Å². The number of carbonyl (C=O) groups excluding carboxylic acids is 3. The van der Waals surface area contributed by atoms with Gasteiger partial charge in [0.2, 0.25) is 0 Å². The molecule has 444 valence electrons. The summed E-state index contributed by atoms with van der Waals surface area (Å²) in [6.45, 7) is 6.27. The zero-order chi connectivity index (χ0) is 57.8. The van der Waals surface area contributed by atoms with Crippen molar-refractivity contribution >= 4 is 17.9 Å². The van der Waals surface area contributed by atoms with Gasteiger partial charge in [-0.2, -0.15) is 0 Å². The molecule has 0 fully saturated rings. The number of rotatable bonds is 54. The summed E-state index contributed by atoms with van der Waals surface area (Å²) in [5.41, 5.74) is 0. The molecule has 0 rings (SSSR count). The highest BCUT2D eigenvalue weighted by atomic mass is 16.6. The Bertz CT molecular complexity index is 1930. The summed E-state index contributed by atoms with van der Waals surface area (Å²) in [6.07, 6.45) is 100. The van der Waals surface area contributed by atoms with Gasteiger partial charge in [0.05, 0.1) is 0 Å². The van der Waals surface area contributed by atoms with Crippen molar-refractivity contribution in [2.75, 3.05) is 13.2 Å². The van der Waals surface area contributed by atoms with Gasteiger partial charge in [-0.05, 0) is 161 Å². The topological polar surface area (TPSA) is 78.9 Å². The van der Waals surface area contributed by atoms with E-state index in [0.717, 1.165) is 148 Å². The minimum Gasteiger partial charge on any atom is -0.462 e. The van der Waals surface area contributed by atoms with Gasteiger partial charge in [0, 0.05) is 19.3 Å². The van der Waals surface area contributed by atoms with Gasteiger partial charge in [-0.15, -0.1) is 0 Å². The van der Waals surface area contributed by atoms with E-state index in [0.29, 0.717) is 19.3 Å². The quantitative estimate of drug-likeness (QED) is 0.0261. The number of unbranched alkanes of at least 4 members (excludes halogenated alkanes) is 11. The van der Waals surface area contributed by atoms with E-state index in [-0.39, 0.29) is 44.0 Å². The van der Waals surface area contributed by atoms with Crippen molar-refractivity contribution < 1.29 is 28.6 Å². The smallest absolute Gasteiger partial charge is 0.306 e. The Labute approximate surface area is 490 Å². The van der Waals surface area contributed by atoms with Crippen LogP contribution in [0.15, 0.2) is 194 Å². The highest BCUT2D eigenvalue weighted by Crippen LogP contribution is 2.12. The molecular weight excluding hydrogens is 985 g/mol. The molecule has 0 saturated carbocycles. The predicted octanol–water partition coefficient (Wildman–Crippen LogP) is 21.8. The third-order valence-corrected chi connectivity index (χ3v) is 12.3. The van der Waals surface area contributed by atoms with Crippen molar-refractivity contribution in [2.45, 2.75) is 239 Å². The van der Waals surface area contributed by atoms with Crippen LogP contribution in [0.25, 0.3) is 0 Å². The molecule has 6 nitrogen and oxygen atoms in total. The van der Waals surface area contributed by atoms with Gasteiger partial charge < -0.3 is 14.2 Å². The Hall–Kier alpha value is -5.75. The third kappa shape index (κ3) is 63.1. The summed E-state index contributed by atoms with van der Waals surface area (Å²) in [7, 11) is 0. The molecule has 1 unspecified atom stereocenters. The average Bonchev–Trinajstić information content (AvgIpc) is 3.46. The van der Waals surface area contributed by atoms with Crippen LogP contribution >= 0.6 is 0 Å². The number of hydrogen-bond acceptors (Lipinski definition) is 6. The predicted molar refractivity (Wildman–Crippen MR) is 347 cm³/mol. The first kappa shape index (κ1) is 74.2. The number of ether oxygens (including phenoxy) is 3. The number of esters is 3. The molecule has 0 amide bonds. The largest absolute Gasteiger partial charge is 0.462 e. The van der Waals surface area contributed by atoms with Crippen LogP contribution in [0.4, 0.5) is 0 Å². The van der Waals surface area contributed by atoms with Crippen LogP contribution in [0.3, 0.4) is 0 Å². The summed E-state index contributed by atoms with van der Waals surface area (Å²) in [5, 5.41) is 0. The maximum atomic E-state index is 12.9. The van der Waals surface area contributed by atoms with E-state index < -0.39 is 6.10 Å². The molecule has 0 aliphatic rings. The van der Waals surface area contributed by atoms with Crippen molar-refractivity contribution in [3.05, 3.63) is 194 Å². The lowest BCUT2D eigenvalue weighted by Crippen LogP contribution is -2.30. The Kier molecular flexibility index (Phi) is 61.0. The molecule has 0 bridgehead atoms. The fraction of sp³-hybridized carbons (Fsp3) is 0.527. The molecule has 0 spiro atoms. The lowest BCUT2D eigenvalue weighted by Gasteiger charge is -2.18. The van der Waals surface area contributed by atoms with Gasteiger partial charge in [-0.3, -0.25) is 14.4 Å². The SMILES string of the molecule is CC/C=C\C/C=C\C/C=C\C/C=C\C/C=C\C/C=C\C/C=C\C/C=C\C/C=C\CCCC(=O)OCC(COC(=O)CCCCCCC/C=C\CCCCC)OC(=O)CCCC/C=C\C/C=C\C/C=C\C/C=C\C/C=C\C/C=C\CC. The zero-order valence-corrected chi connectivity index (χ0v) is 50.8. The van der Waals surface area contributed by atoms with Gasteiger partial charge in [0.1, 0.15) is 13.2 Å². The highest BCUT2D eigenvalue weighted by Gasteiger charge is 2.19. The summed E-state index contributed by atoms with van der Waals surface area (Å²) >= 11 is 0. The van der Waals surface area contributed by atoms with Gasteiger partial charge in [0.25, 0.3) is 0 Å². The molecule has 6 heteroatoms. The second kappa shape index (κ2) is 65.8. The minimum absolute atomic E-state index is 0.128. The second-order valence-electron chi connectivity index (χ2n) is 19.8. The molecule has 0 aromatic rings. The average molecular weight is 1100 g/mol. The first-order chi connectivity index (χ1) is 39.5. The third-order valence-electron chi connectivity index (χ3n) is 12.3. The van der Waals surface area contributed by atoms with Gasteiger partial charge >= 0.3 is 17.9 Å². The maximum absolute atomic E-state index is 12.9. The standard InChI is InChI=1S/C74H112O6/c1-4-7-10-13-16-19-22-25-27-29-31-33-34-35-36-37-38-39-40-42-43-45-47-49-52-55-58-61-64-67-73(76)79-70-71(69-78-72(75)66-63-60-57-54-51-24-21-18-15-12-9-6-3)80-74(77)68-65-62-59-56-53-50-48-46-44-41-32-30-28-26-23-20-17-14-11-8-5-2/h7-8,10-11,16-21,25-28,31-33,35-36,38-39,41-43,46-49,53,55-56,58,71H,4-6,9,12-15,22-24,29-30,34,37,40,44-45,50-52,54,57,59-70H2,1-3H3/b10-7-,11-8-,19-16-,20-17-,21-18-,27-25-,28-26-,33-31-,36-35-,39-38-,41-32-,43-42-,48-46-,49-47-,56-53-,58-55-. The van der Waals surface area contributed by atoms with E-state index in [9.17, 15) is 14.4 Å². The van der Waals surface area contributed by atoms with Crippen LogP contribution in [0.2, 0.25) is 0 Å². The van der Waals surface area contributed by atoms with E-state index in [4.69, 9.17) is 14.2 Å². The first-order valence-electron chi connectivity index (χ1n) is 31.4. The lowest BCUT2D eigenvalue weighted by atomic mass is 10.1. The molecule has 0 aromatic carbocycles. The summed E-state index contributed by atoms with van der Waals surface area (Å²) in [5.74, 6) is -1.06. The van der Waals surface area contributed by atoms with E-state index in [1.54, 1.807) is 0 Å². The van der Waals surface area contributed by atoms with E-state index in [1.807, 2.05) is 0 Å². The molecule has 1 atom stereocenters. The lowest BCUT2D eigenvalue weighted by molar-refractivity contribution is -0.167. The maximum Gasteiger partial charge on any atom is 0.306 e. The second-order valence-corrected chi connectivity index (χ2v) is 19.8. The van der Waals surface area contributed by atoms with Crippen molar-refractivity contribution in [3.8, 4) is 0 Å². The van der Waals surface area contributed by atoms with E-state index in [2.05, 4.69) is 215 Å². The van der Waals surface area contributed by atoms with Crippen LogP contribution in [0, 0.1) is 0 Å². The first-order valence-corrected chi connectivity index (χ1v) is 31.4. The Morgan fingerprint density at radius 3 is 0.850 bits per heavy atom. The molecule has 0 aliphatic heterocycles. The Morgan fingerprint density at radius 2 is 0.500 bits per heavy atom. The molecule has 0 aromatic heterocycles. The normalized spacial score (nSPS) is 13.5. The van der Waals surface area contributed by atoms with Crippen LogP contribution < -0.4 is 0 Å². The Morgan fingerprint density at radius 1 is 0.263 bits per heavy atom. The number of hydrogen-bond donors (Lipinski definition) is 0. The minimum atomic E-state index is -0.841. The Balaban J connectivity index is 4.54. The van der Waals surface area contributed by atoms with Crippen LogP contribution in [0.1, 0.15) is 233 Å². The van der Waals surface area contributed by atoms with Crippen LogP contribution in [-0.2, 0) is 28.6 Å². The summed E-state index contributed by atoms with van der Waals surface area (Å²) in [6, 6.07) is 0. The fourth-order valence-corrected chi connectivity index (χ4v) is 7.67. The monoisotopic (exact) mass is 1100 g/mol. The zero-order valence-electron chi connectivity index (χ0n) is 50.8. The molecule has 0 saturated heterocycles. The molecular formula is C74H112O6. The van der Waals surface area contributed by atoms with Gasteiger partial charge in [-0.25, -0.2) is 0 Å². The van der Waals surface area contributed by atoms with E-state index in [1.165, 1.54) is 32.1 Å². The summed E-state index contributed by atoms with van der Waals surface area (Å²) in [4.78, 5) is 38.2. The molecule has 80 heavy (non-hydrogen) atoms. The molecule has 0 N–H and O–H groups in total. The van der Waals surface area contributed by atoms with Crippen LogP contribution in [0.5, 0.6) is 0 Å². The van der Waals surface area contributed by atoms with Crippen molar-refractivity contribution in [1.29, 1.82) is 0 Å². The number of allylic oxidation sites excluding steroid dienone is 32.